The molecule has 2 aliphatic rings. The second kappa shape index (κ2) is 12.4. The lowest BCUT2D eigenvalue weighted by Crippen LogP contribution is -2.54. The third kappa shape index (κ3) is 6.71. The molecule has 1 amide bonds. The summed E-state index contributed by atoms with van der Waals surface area (Å²) in [5, 5.41) is 7.23. The number of likely N-dealkylation sites (N-methyl/N-ethyl adjacent to an activating group) is 1. The lowest BCUT2D eigenvalue weighted by atomic mass is 9.93. The zero-order chi connectivity index (χ0) is 31.7. The quantitative estimate of drug-likeness (QED) is 0.285. The summed E-state index contributed by atoms with van der Waals surface area (Å²) in [6, 6.07) is 14.3. The Hall–Kier alpha value is -4.69. The van der Waals surface area contributed by atoms with E-state index in [1.165, 1.54) is 10.7 Å². The maximum absolute atomic E-state index is 13.4. The molecule has 1 fully saturated rings. The molecule has 6 rings (SSSR count). The molecule has 1 unspecified atom stereocenters. The molecular formula is C31H33F3N8O3. The van der Waals surface area contributed by atoms with Gasteiger partial charge in [0.15, 0.2) is 11.4 Å². The number of fused-ring (bicyclic) bond motifs is 3. The van der Waals surface area contributed by atoms with Crippen LogP contribution >= 0.6 is 0 Å². The van der Waals surface area contributed by atoms with Crippen LogP contribution in [-0.4, -0.2) is 76.2 Å². The molecule has 45 heavy (non-hydrogen) atoms. The first-order valence-electron chi connectivity index (χ1n) is 14.5. The van der Waals surface area contributed by atoms with Crippen LogP contribution in [0.25, 0.3) is 11.4 Å². The van der Waals surface area contributed by atoms with E-state index in [0.717, 1.165) is 17.7 Å². The average molecular weight is 623 g/mol. The second-order valence-electron chi connectivity index (χ2n) is 11.2. The number of aryl methyl sites for hydroxylation is 2. The van der Waals surface area contributed by atoms with Crippen molar-refractivity contribution in [2.45, 2.75) is 31.9 Å². The predicted molar refractivity (Wildman–Crippen MR) is 161 cm³/mol. The van der Waals surface area contributed by atoms with E-state index in [2.05, 4.69) is 34.9 Å². The fraction of sp³-hybridized carbons (Fsp3) is 0.355. The summed E-state index contributed by atoms with van der Waals surface area (Å²) in [6.07, 6.45) is -2.19. The number of hydrogen-bond donors (Lipinski definition) is 2. The molecule has 1 aliphatic carbocycles. The Morgan fingerprint density at radius 3 is 2.67 bits per heavy atom. The Balaban J connectivity index is 1.30. The maximum atomic E-state index is 13.4. The predicted octanol–water partition coefficient (Wildman–Crippen LogP) is 4.05. The van der Waals surface area contributed by atoms with Gasteiger partial charge in [-0.15, -0.1) is 13.2 Å². The monoisotopic (exact) mass is 622 g/mol. The molecule has 3 N–H and O–H groups in total. The van der Waals surface area contributed by atoms with Crippen molar-refractivity contribution in [1.29, 1.82) is 0 Å². The van der Waals surface area contributed by atoms with Gasteiger partial charge in [-0.1, -0.05) is 30.3 Å². The molecule has 0 bridgehead atoms. The number of ether oxygens (including phenoxy) is 2. The maximum Gasteiger partial charge on any atom is 0.573 e. The van der Waals surface area contributed by atoms with Gasteiger partial charge in [-0.3, -0.25) is 9.48 Å². The summed E-state index contributed by atoms with van der Waals surface area (Å²) in [5.74, 6) is -0.995. The molecule has 14 heteroatoms. The minimum Gasteiger partial charge on any atom is -0.404 e. The number of carbonyl (C=O) groups is 1. The van der Waals surface area contributed by atoms with Crippen LogP contribution in [0, 0.1) is 0 Å². The van der Waals surface area contributed by atoms with Crippen molar-refractivity contribution in [2.75, 3.05) is 43.5 Å². The lowest BCUT2D eigenvalue weighted by molar-refractivity contribution is -0.274. The lowest BCUT2D eigenvalue weighted by Gasteiger charge is -2.41. The number of nitrogens with one attached hydrogen (secondary N) is 1. The van der Waals surface area contributed by atoms with Crippen LogP contribution in [0.2, 0.25) is 0 Å². The SMILES string of the molecule is CN1CCN(c2ccc(OC(F)(F)F)c(Nc3ncc4c(n3)-c3c(c(C(N)=O)nn3C)CC4)c2)C(COCc2ccccc2)C1. The number of alkyl halides is 3. The van der Waals surface area contributed by atoms with Gasteiger partial charge < -0.3 is 30.3 Å². The molecule has 2 aromatic carbocycles. The number of carbonyl (C=O) groups excluding carboxylic acids is 1. The molecule has 11 nitrogen and oxygen atoms in total. The van der Waals surface area contributed by atoms with Crippen molar-refractivity contribution < 1.29 is 27.4 Å². The number of primary amides is 1. The van der Waals surface area contributed by atoms with E-state index in [-0.39, 0.29) is 23.4 Å². The summed E-state index contributed by atoms with van der Waals surface area (Å²) in [4.78, 5) is 25.3. The number of nitrogens with two attached hydrogens (primary N) is 1. The van der Waals surface area contributed by atoms with Crippen LogP contribution in [0.4, 0.5) is 30.5 Å². The number of hydrogen-bond acceptors (Lipinski definition) is 9. The Labute approximate surface area is 257 Å². The number of aromatic nitrogens is 4. The van der Waals surface area contributed by atoms with Crippen molar-refractivity contribution in [3.63, 3.8) is 0 Å². The van der Waals surface area contributed by atoms with E-state index >= 15 is 0 Å². The van der Waals surface area contributed by atoms with Crippen molar-refractivity contribution in [2.24, 2.45) is 12.8 Å². The van der Waals surface area contributed by atoms with Crippen LogP contribution in [0.3, 0.4) is 0 Å². The van der Waals surface area contributed by atoms with Gasteiger partial charge in [-0.05, 0) is 49.2 Å². The fourth-order valence-corrected chi connectivity index (χ4v) is 5.92. The van der Waals surface area contributed by atoms with E-state index < -0.39 is 18.0 Å². The number of rotatable bonds is 9. The zero-order valence-electron chi connectivity index (χ0n) is 24.8. The molecule has 3 heterocycles. The van der Waals surface area contributed by atoms with Gasteiger partial charge in [0.25, 0.3) is 5.91 Å². The number of anilines is 3. The third-order valence-electron chi connectivity index (χ3n) is 7.99. The van der Waals surface area contributed by atoms with Crippen LogP contribution in [-0.2, 0) is 31.2 Å². The largest absolute Gasteiger partial charge is 0.573 e. The second-order valence-corrected chi connectivity index (χ2v) is 11.2. The average Bonchev–Trinajstić information content (AvgIpc) is 3.35. The molecule has 236 valence electrons. The van der Waals surface area contributed by atoms with Gasteiger partial charge in [-0.25, -0.2) is 9.97 Å². The third-order valence-corrected chi connectivity index (χ3v) is 7.99. The van der Waals surface area contributed by atoms with Crippen molar-refractivity contribution >= 4 is 23.2 Å². The molecule has 0 radical (unpaired) electrons. The molecule has 0 spiro atoms. The number of nitrogens with zero attached hydrogens (tertiary/aromatic N) is 6. The molecule has 0 saturated carbocycles. The highest BCUT2D eigenvalue weighted by atomic mass is 19.4. The van der Waals surface area contributed by atoms with Crippen molar-refractivity contribution in [3.05, 3.63) is 77.1 Å². The van der Waals surface area contributed by atoms with Crippen LogP contribution in [0.15, 0.2) is 54.7 Å². The number of piperazine rings is 1. The summed E-state index contributed by atoms with van der Waals surface area (Å²) in [5.41, 5.74) is 10.2. The summed E-state index contributed by atoms with van der Waals surface area (Å²) in [6.45, 7) is 3.02. The molecule has 2 aromatic heterocycles. The van der Waals surface area contributed by atoms with E-state index in [9.17, 15) is 18.0 Å². The van der Waals surface area contributed by atoms with Gasteiger partial charge >= 0.3 is 6.36 Å². The van der Waals surface area contributed by atoms with E-state index in [0.29, 0.717) is 61.8 Å². The molecular weight excluding hydrogens is 589 g/mol. The Bertz CT molecular complexity index is 1700. The fourth-order valence-electron chi connectivity index (χ4n) is 5.92. The Morgan fingerprint density at radius 2 is 1.91 bits per heavy atom. The Morgan fingerprint density at radius 1 is 1.11 bits per heavy atom. The highest BCUT2D eigenvalue weighted by Crippen LogP contribution is 2.38. The van der Waals surface area contributed by atoms with E-state index in [4.69, 9.17) is 10.5 Å². The highest BCUT2D eigenvalue weighted by molar-refractivity contribution is 5.94. The molecule has 4 aromatic rings. The molecule has 1 atom stereocenters. The number of benzene rings is 2. The molecule has 1 aliphatic heterocycles. The van der Waals surface area contributed by atoms with Crippen LogP contribution in [0.1, 0.15) is 27.2 Å². The number of halogens is 3. The number of amides is 1. The van der Waals surface area contributed by atoms with E-state index in [1.807, 2.05) is 37.4 Å². The molecule has 1 saturated heterocycles. The first-order chi connectivity index (χ1) is 21.6. The smallest absolute Gasteiger partial charge is 0.404 e. The summed E-state index contributed by atoms with van der Waals surface area (Å²) >= 11 is 0. The van der Waals surface area contributed by atoms with Gasteiger partial charge in [-0.2, -0.15) is 5.10 Å². The zero-order valence-corrected chi connectivity index (χ0v) is 24.8. The minimum absolute atomic E-state index is 0.0441. The van der Waals surface area contributed by atoms with Gasteiger partial charge in [0.2, 0.25) is 5.95 Å². The van der Waals surface area contributed by atoms with Crippen LogP contribution < -0.4 is 20.7 Å². The van der Waals surface area contributed by atoms with Crippen molar-refractivity contribution in [3.8, 4) is 17.1 Å². The first kappa shape index (κ1) is 30.3. The van der Waals surface area contributed by atoms with Gasteiger partial charge in [0, 0.05) is 44.1 Å². The summed E-state index contributed by atoms with van der Waals surface area (Å²) in [7, 11) is 3.71. The Kier molecular flexibility index (Phi) is 8.34. The van der Waals surface area contributed by atoms with Crippen LogP contribution in [0.5, 0.6) is 5.75 Å². The summed E-state index contributed by atoms with van der Waals surface area (Å²) < 4.78 is 52.3. The normalized spacial score (nSPS) is 16.6. The standard InChI is InChI=1S/C31H33F3N8O3/c1-40-12-13-42(22(16-40)18-44-17-19-6-4-3-5-7-19)21-9-11-25(45-31(32,33)34)24(14-21)37-30-36-15-20-8-10-23-27(29(35)43)39-41(2)28(23)26(20)38-30/h3-7,9,11,14-15,22H,8,10,12-13,16-18H2,1-2H3,(H2,35,43)(H,36,37,38). The van der Waals surface area contributed by atoms with Gasteiger partial charge in [0.05, 0.1) is 36.3 Å². The first-order valence-corrected chi connectivity index (χ1v) is 14.5. The topological polar surface area (TPSA) is 124 Å². The van der Waals surface area contributed by atoms with E-state index in [1.54, 1.807) is 25.4 Å². The van der Waals surface area contributed by atoms with Gasteiger partial charge in [0.1, 0.15) is 0 Å². The highest BCUT2D eigenvalue weighted by Gasteiger charge is 2.34. The van der Waals surface area contributed by atoms with Crippen molar-refractivity contribution in [1.82, 2.24) is 24.6 Å². The minimum atomic E-state index is -4.91.